The molecule has 1 aliphatic heterocycles. The Morgan fingerprint density at radius 2 is 1.93 bits per heavy atom. The second-order valence-corrected chi connectivity index (χ2v) is 7.47. The van der Waals surface area contributed by atoms with Gasteiger partial charge in [-0.25, -0.2) is 0 Å². The predicted octanol–water partition coefficient (Wildman–Crippen LogP) is 3.07. The van der Waals surface area contributed by atoms with E-state index in [1.807, 2.05) is 17.0 Å². The van der Waals surface area contributed by atoms with Crippen LogP contribution in [0.5, 0.6) is 0 Å². The Bertz CT molecular complexity index is 730. The smallest absolute Gasteiger partial charge is 0.223 e. The molecule has 0 N–H and O–H groups in total. The number of pyridine rings is 1. The van der Waals surface area contributed by atoms with Gasteiger partial charge in [0.25, 0.3) is 0 Å². The number of benzene rings is 1. The van der Waals surface area contributed by atoms with Crippen LogP contribution in [-0.2, 0) is 22.5 Å². The van der Waals surface area contributed by atoms with Crippen LogP contribution in [0.1, 0.15) is 29.5 Å². The van der Waals surface area contributed by atoms with Gasteiger partial charge in [-0.2, -0.15) is 0 Å². The van der Waals surface area contributed by atoms with E-state index in [1.165, 1.54) is 11.1 Å². The van der Waals surface area contributed by atoms with Gasteiger partial charge in [0.2, 0.25) is 5.91 Å². The Balaban J connectivity index is 1.55. The van der Waals surface area contributed by atoms with E-state index >= 15 is 0 Å². The molecule has 150 valence electrons. The van der Waals surface area contributed by atoms with E-state index in [0.717, 1.165) is 57.8 Å². The first-order chi connectivity index (χ1) is 13.7. The van der Waals surface area contributed by atoms with E-state index in [4.69, 9.17) is 4.74 Å². The standard InChI is InChI=1S/C23H31N3O2/c1-20-4-2-5-21(18-20)6-7-23(27)26(19-22-8-10-24-11-9-22)13-3-12-25-14-16-28-17-15-25/h2,4-5,8-11,18H,3,6-7,12-17,19H2,1H3. The minimum Gasteiger partial charge on any atom is -0.379 e. The monoisotopic (exact) mass is 381 g/mol. The zero-order chi connectivity index (χ0) is 19.6. The van der Waals surface area contributed by atoms with Gasteiger partial charge in [0.1, 0.15) is 0 Å². The van der Waals surface area contributed by atoms with Crippen LogP contribution in [0, 0.1) is 6.92 Å². The average Bonchev–Trinajstić information content (AvgIpc) is 2.73. The maximum absolute atomic E-state index is 13.0. The Morgan fingerprint density at radius 1 is 1.14 bits per heavy atom. The molecule has 2 aromatic rings. The molecule has 0 bridgehead atoms. The number of carbonyl (C=O) groups is 1. The Kier molecular flexibility index (Phi) is 8.00. The van der Waals surface area contributed by atoms with Crippen LogP contribution in [0.25, 0.3) is 0 Å². The van der Waals surface area contributed by atoms with Gasteiger partial charge in [0.05, 0.1) is 13.2 Å². The summed E-state index contributed by atoms with van der Waals surface area (Å²) < 4.78 is 5.41. The zero-order valence-electron chi connectivity index (χ0n) is 16.8. The molecule has 5 heteroatoms. The third-order valence-electron chi connectivity index (χ3n) is 5.19. The number of rotatable bonds is 9. The Labute approximate surface area is 168 Å². The second-order valence-electron chi connectivity index (χ2n) is 7.47. The number of amides is 1. The molecule has 0 radical (unpaired) electrons. The van der Waals surface area contributed by atoms with E-state index < -0.39 is 0 Å². The molecule has 0 aliphatic carbocycles. The van der Waals surface area contributed by atoms with Gasteiger partial charge >= 0.3 is 0 Å². The summed E-state index contributed by atoms with van der Waals surface area (Å²) in [4.78, 5) is 21.5. The van der Waals surface area contributed by atoms with Crippen molar-refractivity contribution >= 4 is 5.91 Å². The molecular weight excluding hydrogens is 350 g/mol. The Hall–Kier alpha value is -2.24. The normalized spacial score (nSPS) is 14.8. The average molecular weight is 382 g/mol. The molecule has 1 aliphatic rings. The summed E-state index contributed by atoms with van der Waals surface area (Å²) in [5, 5.41) is 0. The van der Waals surface area contributed by atoms with Crippen molar-refractivity contribution < 1.29 is 9.53 Å². The maximum Gasteiger partial charge on any atom is 0.223 e. The van der Waals surface area contributed by atoms with Gasteiger partial charge in [-0.15, -0.1) is 0 Å². The SMILES string of the molecule is Cc1cccc(CCC(=O)N(CCCN2CCOCC2)Cc2ccncc2)c1. The lowest BCUT2D eigenvalue weighted by atomic mass is 10.1. The fourth-order valence-corrected chi connectivity index (χ4v) is 3.59. The van der Waals surface area contributed by atoms with Crippen LogP contribution >= 0.6 is 0 Å². The fraction of sp³-hybridized carbons (Fsp3) is 0.478. The van der Waals surface area contributed by atoms with E-state index in [9.17, 15) is 4.79 Å². The molecule has 28 heavy (non-hydrogen) atoms. The summed E-state index contributed by atoms with van der Waals surface area (Å²) in [5.41, 5.74) is 3.60. The van der Waals surface area contributed by atoms with Crippen molar-refractivity contribution in [3.05, 3.63) is 65.5 Å². The number of aryl methyl sites for hydroxylation is 2. The molecule has 0 spiro atoms. The topological polar surface area (TPSA) is 45.7 Å². The van der Waals surface area contributed by atoms with Gasteiger partial charge < -0.3 is 9.64 Å². The molecule has 1 amide bonds. The van der Waals surface area contributed by atoms with Crippen molar-refractivity contribution in [2.24, 2.45) is 0 Å². The van der Waals surface area contributed by atoms with Gasteiger partial charge in [0, 0.05) is 51.5 Å². The number of nitrogens with zero attached hydrogens (tertiary/aromatic N) is 3. The lowest BCUT2D eigenvalue weighted by molar-refractivity contribution is -0.132. The lowest BCUT2D eigenvalue weighted by Crippen LogP contribution is -2.39. The summed E-state index contributed by atoms with van der Waals surface area (Å²) in [6.45, 7) is 8.16. The van der Waals surface area contributed by atoms with E-state index in [2.05, 4.69) is 41.1 Å². The maximum atomic E-state index is 13.0. The molecule has 3 rings (SSSR count). The third-order valence-corrected chi connectivity index (χ3v) is 5.19. The fourth-order valence-electron chi connectivity index (χ4n) is 3.59. The molecule has 1 aromatic heterocycles. The van der Waals surface area contributed by atoms with Crippen molar-refractivity contribution in [3.8, 4) is 0 Å². The molecule has 5 nitrogen and oxygen atoms in total. The summed E-state index contributed by atoms with van der Waals surface area (Å²) >= 11 is 0. The molecule has 0 unspecified atom stereocenters. The lowest BCUT2D eigenvalue weighted by Gasteiger charge is -2.28. The van der Waals surface area contributed by atoms with Crippen molar-refractivity contribution in [2.75, 3.05) is 39.4 Å². The molecule has 1 aromatic carbocycles. The quantitative estimate of drug-likeness (QED) is 0.670. The zero-order valence-corrected chi connectivity index (χ0v) is 16.8. The van der Waals surface area contributed by atoms with Crippen molar-refractivity contribution in [3.63, 3.8) is 0 Å². The summed E-state index contributed by atoms with van der Waals surface area (Å²) in [6.07, 6.45) is 5.90. The highest BCUT2D eigenvalue weighted by Gasteiger charge is 2.16. The van der Waals surface area contributed by atoms with Crippen LogP contribution in [0.3, 0.4) is 0 Å². The minimum atomic E-state index is 0.222. The minimum absolute atomic E-state index is 0.222. The molecule has 2 heterocycles. The molecule has 1 fully saturated rings. The number of aromatic nitrogens is 1. The molecular formula is C23H31N3O2. The highest BCUT2D eigenvalue weighted by Crippen LogP contribution is 2.11. The third kappa shape index (κ3) is 6.73. The van der Waals surface area contributed by atoms with Gasteiger partial charge in [-0.1, -0.05) is 29.8 Å². The van der Waals surface area contributed by atoms with Crippen LogP contribution in [0.4, 0.5) is 0 Å². The van der Waals surface area contributed by atoms with Crippen molar-refractivity contribution in [1.82, 2.24) is 14.8 Å². The van der Waals surface area contributed by atoms with Crippen molar-refractivity contribution in [2.45, 2.75) is 32.7 Å². The number of hydrogen-bond donors (Lipinski definition) is 0. The predicted molar refractivity (Wildman–Crippen MR) is 111 cm³/mol. The first kappa shape index (κ1) is 20.5. The number of carbonyl (C=O) groups excluding carboxylic acids is 1. The van der Waals surface area contributed by atoms with Crippen LogP contribution in [-0.4, -0.2) is 60.1 Å². The second kappa shape index (κ2) is 10.9. The van der Waals surface area contributed by atoms with E-state index in [0.29, 0.717) is 13.0 Å². The van der Waals surface area contributed by atoms with Crippen molar-refractivity contribution in [1.29, 1.82) is 0 Å². The molecule has 1 saturated heterocycles. The van der Waals surface area contributed by atoms with Crippen LogP contribution in [0.15, 0.2) is 48.8 Å². The number of morpholine rings is 1. The molecule has 0 saturated carbocycles. The van der Waals surface area contributed by atoms with Gasteiger partial charge in [-0.3, -0.25) is 14.7 Å². The molecule has 0 atom stereocenters. The largest absolute Gasteiger partial charge is 0.379 e. The first-order valence-electron chi connectivity index (χ1n) is 10.2. The van der Waals surface area contributed by atoms with Gasteiger partial charge in [0.15, 0.2) is 0 Å². The summed E-state index contributed by atoms with van der Waals surface area (Å²) in [5.74, 6) is 0.222. The highest BCUT2D eigenvalue weighted by molar-refractivity contribution is 5.76. The van der Waals surface area contributed by atoms with Crippen LogP contribution in [0.2, 0.25) is 0 Å². The van der Waals surface area contributed by atoms with Crippen LogP contribution < -0.4 is 0 Å². The number of ether oxygens (including phenoxy) is 1. The summed E-state index contributed by atoms with van der Waals surface area (Å²) in [7, 11) is 0. The number of hydrogen-bond acceptors (Lipinski definition) is 4. The summed E-state index contributed by atoms with van der Waals surface area (Å²) in [6, 6.07) is 12.4. The van der Waals surface area contributed by atoms with E-state index in [1.54, 1.807) is 12.4 Å². The highest BCUT2D eigenvalue weighted by atomic mass is 16.5. The van der Waals surface area contributed by atoms with E-state index in [-0.39, 0.29) is 5.91 Å². The first-order valence-corrected chi connectivity index (χ1v) is 10.2. The Morgan fingerprint density at radius 3 is 2.68 bits per heavy atom. The van der Waals surface area contributed by atoms with Gasteiger partial charge in [-0.05, 0) is 43.0 Å².